The molecule has 2 fully saturated rings. The molecule has 8 atom stereocenters. The van der Waals surface area contributed by atoms with Gasteiger partial charge in [-0.15, -0.1) is 0 Å². The molecule has 2 bridgehead atoms. The van der Waals surface area contributed by atoms with Gasteiger partial charge in [0.05, 0.1) is 31.2 Å². The maximum absolute atomic E-state index is 13.7. The van der Waals surface area contributed by atoms with Crippen molar-refractivity contribution in [3.05, 3.63) is 53.8 Å². The molecule has 0 spiro atoms. The Bertz CT molecular complexity index is 1200. The zero-order chi connectivity index (χ0) is 33.0. The predicted octanol–water partition coefficient (Wildman–Crippen LogP) is 3.73. The van der Waals surface area contributed by atoms with Crippen molar-refractivity contribution in [1.29, 1.82) is 0 Å². The predicted molar refractivity (Wildman–Crippen MR) is 170 cm³/mol. The van der Waals surface area contributed by atoms with Crippen molar-refractivity contribution in [2.45, 2.75) is 114 Å². The first-order valence-corrected chi connectivity index (χ1v) is 16.2. The lowest BCUT2D eigenvalue weighted by molar-refractivity contribution is -0.360. The number of aliphatic hydroxyl groups excluding tert-OH is 1. The van der Waals surface area contributed by atoms with Crippen LogP contribution in [0.3, 0.4) is 0 Å². The standard InChI is InChI=1S/C35H53NO9/c1-23(2)36-31(38)34(39)30-28(37)22-43-33(45-30,35(34,40)32(5,6)41-7)19-16-25(4)29(44-27-17-20-42-21-18-27)24(3)12-11-15-26-13-9-8-10-14-26/h8-11,13-15,17,23-25,28-30,37,39-40H,12,16,18-22H2,1-7H3,(H,36,38)/t24?,25-,28-,29?,30+,33-,34-,35+/m0/s1. The van der Waals surface area contributed by atoms with Crippen LogP contribution in [0.1, 0.15) is 72.8 Å². The second kappa shape index (κ2) is 14.2. The highest BCUT2D eigenvalue weighted by atomic mass is 16.8. The van der Waals surface area contributed by atoms with Crippen LogP contribution < -0.4 is 5.32 Å². The van der Waals surface area contributed by atoms with E-state index >= 15 is 0 Å². The third-order valence-electron chi connectivity index (χ3n) is 9.69. The van der Waals surface area contributed by atoms with E-state index < -0.39 is 40.7 Å². The van der Waals surface area contributed by atoms with Crippen LogP contribution in [-0.2, 0) is 28.5 Å². The summed E-state index contributed by atoms with van der Waals surface area (Å²) in [4.78, 5) is 13.7. The molecular formula is C35H53NO9. The van der Waals surface area contributed by atoms with Crippen molar-refractivity contribution < 1.29 is 43.8 Å². The summed E-state index contributed by atoms with van der Waals surface area (Å²) in [6.45, 7) is 11.8. The van der Waals surface area contributed by atoms with E-state index in [2.05, 4.69) is 43.4 Å². The van der Waals surface area contributed by atoms with E-state index in [0.717, 1.165) is 17.7 Å². The topological polar surface area (TPSA) is 136 Å². The van der Waals surface area contributed by atoms with E-state index in [1.54, 1.807) is 27.7 Å². The average molecular weight is 632 g/mol. The number of rotatable bonds is 14. The van der Waals surface area contributed by atoms with Gasteiger partial charge in [-0.25, -0.2) is 0 Å². The Morgan fingerprint density at radius 1 is 1.16 bits per heavy atom. The van der Waals surface area contributed by atoms with Crippen molar-refractivity contribution in [3.63, 3.8) is 0 Å². The summed E-state index contributed by atoms with van der Waals surface area (Å²) >= 11 is 0. The van der Waals surface area contributed by atoms with Crippen LogP contribution in [0.2, 0.25) is 0 Å². The van der Waals surface area contributed by atoms with Crippen molar-refractivity contribution in [3.8, 4) is 0 Å². The van der Waals surface area contributed by atoms with Crippen molar-refractivity contribution in [1.82, 2.24) is 5.32 Å². The minimum absolute atomic E-state index is 0.0613. The molecule has 10 nitrogen and oxygen atoms in total. The van der Waals surface area contributed by atoms with Crippen LogP contribution in [0, 0.1) is 11.8 Å². The Labute approximate surface area is 267 Å². The van der Waals surface area contributed by atoms with E-state index in [0.29, 0.717) is 26.1 Å². The molecule has 2 unspecified atom stereocenters. The second-order valence-corrected chi connectivity index (χ2v) is 13.6. The van der Waals surface area contributed by atoms with Gasteiger partial charge in [0.1, 0.15) is 18.3 Å². The number of hydrogen-bond acceptors (Lipinski definition) is 9. The molecule has 1 aromatic rings. The largest absolute Gasteiger partial charge is 0.494 e. The van der Waals surface area contributed by atoms with Crippen LogP contribution in [0.5, 0.6) is 0 Å². The van der Waals surface area contributed by atoms with Crippen LogP contribution in [0.15, 0.2) is 48.2 Å². The molecule has 0 radical (unpaired) electrons. The van der Waals surface area contributed by atoms with Gasteiger partial charge < -0.3 is 44.3 Å². The van der Waals surface area contributed by atoms with Gasteiger partial charge in [0, 0.05) is 26.0 Å². The van der Waals surface area contributed by atoms with Gasteiger partial charge >= 0.3 is 0 Å². The number of allylic oxidation sites excluding steroid dienone is 1. The normalized spacial score (nSPS) is 32.3. The number of carbonyl (C=O) groups excluding carboxylic acids is 1. The minimum Gasteiger partial charge on any atom is -0.494 e. The summed E-state index contributed by atoms with van der Waals surface area (Å²) in [6, 6.07) is 9.79. The second-order valence-electron chi connectivity index (χ2n) is 13.6. The summed E-state index contributed by atoms with van der Waals surface area (Å²) in [5, 5.41) is 38.5. The van der Waals surface area contributed by atoms with Crippen molar-refractivity contribution >= 4 is 12.0 Å². The number of methoxy groups -OCH3 is 1. The molecule has 3 aliphatic rings. The summed E-state index contributed by atoms with van der Waals surface area (Å²) in [5.74, 6) is -1.76. The first-order valence-electron chi connectivity index (χ1n) is 16.2. The molecule has 4 N–H and O–H groups in total. The fraction of sp³-hybridized carbons (Fsp3) is 0.686. The highest BCUT2D eigenvalue weighted by Gasteiger charge is 2.84. The number of hydrogen-bond donors (Lipinski definition) is 4. The zero-order valence-corrected chi connectivity index (χ0v) is 27.8. The molecule has 0 saturated carbocycles. The summed E-state index contributed by atoms with van der Waals surface area (Å²) in [6.07, 6.45) is 5.25. The third kappa shape index (κ3) is 6.74. The zero-order valence-electron chi connectivity index (χ0n) is 27.8. The van der Waals surface area contributed by atoms with Gasteiger partial charge in [-0.1, -0.05) is 56.3 Å². The Balaban J connectivity index is 1.63. The molecule has 4 rings (SSSR count). The smallest absolute Gasteiger partial charge is 0.258 e. The van der Waals surface area contributed by atoms with E-state index in [1.807, 2.05) is 24.3 Å². The van der Waals surface area contributed by atoms with E-state index in [-0.39, 0.29) is 37.0 Å². The lowest BCUT2D eigenvalue weighted by Gasteiger charge is -2.52. The van der Waals surface area contributed by atoms with Gasteiger partial charge in [-0.05, 0) is 64.0 Å². The van der Waals surface area contributed by atoms with E-state index in [4.69, 9.17) is 23.7 Å². The average Bonchev–Trinajstić information content (AvgIpc) is 3.20. The molecule has 1 amide bonds. The van der Waals surface area contributed by atoms with Crippen LogP contribution >= 0.6 is 0 Å². The summed E-state index contributed by atoms with van der Waals surface area (Å²) in [7, 11) is 1.39. The summed E-state index contributed by atoms with van der Waals surface area (Å²) in [5.41, 5.74) is -5.38. The fourth-order valence-corrected chi connectivity index (χ4v) is 7.00. The fourth-order valence-electron chi connectivity index (χ4n) is 7.00. The maximum Gasteiger partial charge on any atom is 0.258 e. The number of benzene rings is 1. The number of fused-ring (bicyclic) bond motifs is 2. The minimum atomic E-state index is -2.58. The van der Waals surface area contributed by atoms with Gasteiger partial charge in [0.2, 0.25) is 11.4 Å². The first-order chi connectivity index (χ1) is 21.2. The van der Waals surface area contributed by atoms with Crippen LogP contribution in [0.25, 0.3) is 6.08 Å². The maximum atomic E-state index is 13.7. The molecule has 2 saturated heterocycles. The monoisotopic (exact) mass is 631 g/mol. The van der Waals surface area contributed by atoms with Crippen molar-refractivity contribution in [2.24, 2.45) is 11.8 Å². The Hall–Kier alpha value is -2.31. The van der Waals surface area contributed by atoms with E-state index in [9.17, 15) is 20.1 Å². The van der Waals surface area contributed by atoms with E-state index in [1.165, 1.54) is 7.11 Å². The number of aliphatic hydroxyl groups is 3. The van der Waals surface area contributed by atoms with Crippen LogP contribution in [0.4, 0.5) is 0 Å². The summed E-state index contributed by atoms with van der Waals surface area (Å²) < 4.78 is 30.3. The number of amides is 1. The van der Waals surface area contributed by atoms with Gasteiger partial charge in [0.25, 0.3) is 5.91 Å². The Morgan fingerprint density at radius 3 is 2.49 bits per heavy atom. The molecule has 0 aliphatic carbocycles. The Morgan fingerprint density at radius 2 is 1.87 bits per heavy atom. The number of nitrogens with one attached hydrogen (secondary N) is 1. The SMILES string of the molecule is COC(C)(C)[C@@]1(O)[C@@]2(CC[C@H](C)C(OC3=CCOCC3)C(C)CC=Cc3ccccc3)OC[C@H](O)[C@@H](O2)[C@]1(O)C(=O)NC(C)C. The number of carbonyl (C=O) groups is 1. The highest BCUT2D eigenvalue weighted by Crippen LogP contribution is 2.58. The highest BCUT2D eigenvalue weighted by molar-refractivity contribution is 5.89. The quantitative estimate of drug-likeness (QED) is 0.242. The first kappa shape index (κ1) is 35.5. The Kier molecular flexibility index (Phi) is 11.2. The van der Waals surface area contributed by atoms with Gasteiger partial charge in [0.15, 0.2) is 5.60 Å². The van der Waals surface area contributed by atoms with Crippen molar-refractivity contribution in [2.75, 3.05) is 26.9 Å². The molecule has 1 aromatic carbocycles. The van der Waals surface area contributed by atoms with Gasteiger partial charge in [-0.2, -0.15) is 0 Å². The molecular weight excluding hydrogens is 578 g/mol. The molecule has 45 heavy (non-hydrogen) atoms. The molecule has 10 heteroatoms. The molecule has 0 aromatic heterocycles. The lowest BCUT2D eigenvalue weighted by Crippen LogP contribution is -2.77. The molecule has 3 aliphatic heterocycles. The molecule has 3 heterocycles. The number of ether oxygens (including phenoxy) is 5. The van der Waals surface area contributed by atoms with Gasteiger partial charge in [-0.3, -0.25) is 4.79 Å². The third-order valence-corrected chi connectivity index (χ3v) is 9.69. The molecule has 252 valence electrons. The lowest BCUT2D eigenvalue weighted by atomic mass is 9.65. The van der Waals surface area contributed by atoms with Crippen LogP contribution in [-0.4, -0.2) is 95.1 Å².